The molecule has 2 rings (SSSR count). The van der Waals surface area contributed by atoms with E-state index in [9.17, 15) is 0 Å². The third kappa shape index (κ3) is 1.83. The van der Waals surface area contributed by atoms with E-state index in [1.54, 1.807) is 7.11 Å². The molecule has 1 heterocycles. The summed E-state index contributed by atoms with van der Waals surface area (Å²) in [6, 6.07) is 8.23. The van der Waals surface area contributed by atoms with Crippen molar-refractivity contribution in [2.75, 3.05) is 26.9 Å². The maximum Gasteiger partial charge on any atom is 0.119 e. The van der Waals surface area contributed by atoms with Gasteiger partial charge in [-0.3, -0.25) is 0 Å². The lowest BCUT2D eigenvalue weighted by molar-refractivity contribution is -0.116. The minimum atomic E-state index is 0.0241. The average Bonchev–Trinajstić information content (AvgIpc) is 2.27. The Kier molecular flexibility index (Phi) is 3.15. The monoisotopic (exact) mass is 235 g/mol. The van der Waals surface area contributed by atoms with Crippen molar-refractivity contribution in [1.82, 2.24) is 0 Å². The Labute approximate surface area is 103 Å². The van der Waals surface area contributed by atoms with E-state index in [4.69, 9.17) is 15.2 Å². The molecule has 17 heavy (non-hydrogen) atoms. The molecule has 0 atom stereocenters. The van der Waals surface area contributed by atoms with Gasteiger partial charge in [0.15, 0.2) is 0 Å². The summed E-state index contributed by atoms with van der Waals surface area (Å²) in [4.78, 5) is 0. The normalized spacial score (nSPS) is 18.6. The van der Waals surface area contributed by atoms with Gasteiger partial charge in [-0.15, -0.1) is 0 Å². The van der Waals surface area contributed by atoms with E-state index in [0.29, 0.717) is 6.54 Å². The highest BCUT2D eigenvalue weighted by molar-refractivity contribution is 5.37. The van der Waals surface area contributed by atoms with Crippen LogP contribution in [0.25, 0.3) is 0 Å². The van der Waals surface area contributed by atoms with Crippen molar-refractivity contribution < 1.29 is 9.47 Å². The van der Waals surface area contributed by atoms with Gasteiger partial charge in [0.2, 0.25) is 0 Å². The van der Waals surface area contributed by atoms with Crippen LogP contribution in [0.5, 0.6) is 5.75 Å². The van der Waals surface area contributed by atoms with Gasteiger partial charge < -0.3 is 15.2 Å². The first-order valence-corrected chi connectivity index (χ1v) is 5.98. The smallest absolute Gasteiger partial charge is 0.119 e. The molecule has 3 heteroatoms. The summed E-state index contributed by atoms with van der Waals surface area (Å²) in [5.41, 5.74) is 7.24. The third-order valence-corrected chi connectivity index (χ3v) is 4.13. The van der Waals surface area contributed by atoms with Crippen molar-refractivity contribution in [3.05, 3.63) is 29.8 Å². The van der Waals surface area contributed by atoms with Crippen molar-refractivity contribution in [3.63, 3.8) is 0 Å². The van der Waals surface area contributed by atoms with E-state index < -0.39 is 0 Å². The first-order chi connectivity index (χ1) is 8.05. The first kappa shape index (κ1) is 12.4. The lowest BCUT2D eigenvalue weighted by atomic mass is 9.60. The SMILES string of the molecule is COc1cccc(C2(C(C)(C)CN)COC2)c1. The molecular weight excluding hydrogens is 214 g/mol. The molecule has 0 amide bonds. The van der Waals surface area contributed by atoms with Crippen LogP contribution in [0.15, 0.2) is 24.3 Å². The van der Waals surface area contributed by atoms with Gasteiger partial charge in [-0.1, -0.05) is 26.0 Å². The fourth-order valence-corrected chi connectivity index (χ4v) is 2.37. The highest BCUT2D eigenvalue weighted by Crippen LogP contribution is 2.47. The second-order valence-corrected chi connectivity index (χ2v) is 5.39. The van der Waals surface area contributed by atoms with Crippen LogP contribution in [0.1, 0.15) is 19.4 Å². The van der Waals surface area contributed by atoms with Gasteiger partial charge in [-0.2, -0.15) is 0 Å². The largest absolute Gasteiger partial charge is 0.497 e. The molecule has 1 aromatic carbocycles. The average molecular weight is 235 g/mol. The third-order valence-electron chi connectivity index (χ3n) is 4.13. The van der Waals surface area contributed by atoms with Crippen LogP contribution in [0, 0.1) is 5.41 Å². The Morgan fingerprint density at radius 3 is 2.59 bits per heavy atom. The number of methoxy groups -OCH3 is 1. The van der Waals surface area contributed by atoms with Gasteiger partial charge in [-0.05, 0) is 29.7 Å². The summed E-state index contributed by atoms with van der Waals surface area (Å²) in [5.74, 6) is 0.890. The van der Waals surface area contributed by atoms with Gasteiger partial charge in [0.1, 0.15) is 5.75 Å². The molecule has 0 aliphatic carbocycles. The second kappa shape index (κ2) is 4.31. The molecule has 1 aliphatic rings. The highest BCUT2D eigenvalue weighted by Gasteiger charge is 2.51. The number of hydrogen-bond donors (Lipinski definition) is 1. The van der Waals surface area contributed by atoms with Crippen LogP contribution in [0.3, 0.4) is 0 Å². The maximum absolute atomic E-state index is 5.92. The molecule has 1 aromatic rings. The molecule has 0 bridgehead atoms. The Balaban J connectivity index is 2.41. The lowest BCUT2D eigenvalue weighted by Gasteiger charge is -2.52. The molecule has 0 saturated carbocycles. The van der Waals surface area contributed by atoms with E-state index in [0.717, 1.165) is 19.0 Å². The minimum absolute atomic E-state index is 0.0241. The zero-order chi connectivity index (χ0) is 12.5. The molecule has 0 spiro atoms. The fraction of sp³-hybridized carbons (Fsp3) is 0.571. The van der Waals surface area contributed by atoms with Crippen LogP contribution in [-0.4, -0.2) is 26.9 Å². The minimum Gasteiger partial charge on any atom is -0.497 e. The Morgan fingerprint density at radius 2 is 2.12 bits per heavy atom. The van der Waals surface area contributed by atoms with Gasteiger partial charge in [0.05, 0.1) is 20.3 Å². The van der Waals surface area contributed by atoms with E-state index in [1.165, 1.54) is 5.56 Å². The lowest BCUT2D eigenvalue weighted by Crippen LogP contribution is -2.59. The molecule has 0 radical (unpaired) electrons. The topological polar surface area (TPSA) is 44.5 Å². The molecule has 0 aromatic heterocycles. The fourth-order valence-electron chi connectivity index (χ4n) is 2.37. The zero-order valence-electron chi connectivity index (χ0n) is 10.8. The van der Waals surface area contributed by atoms with E-state index in [2.05, 4.69) is 26.0 Å². The number of ether oxygens (including phenoxy) is 2. The van der Waals surface area contributed by atoms with E-state index >= 15 is 0 Å². The van der Waals surface area contributed by atoms with Crippen LogP contribution in [0.4, 0.5) is 0 Å². The summed E-state index contributed by atoms with van der Waals surface area (Å²) < 4.78 is 10.8. The molecule has 0 unspecified atom stereocenters. The van der Waals surface area contributed by atoms with Crippen molar-refractivity contribution in [2.24, 2.45) is 11.1 Å². The van der Waals surface area contributed by atoms with Crippen LogP contribution < -0.4 is 10.5 Å². The van der Waals surface area contributed by atoms with Gasteiger partial charge >= 0.3 is 0 Å². The van der Waals surface area contributed by atoms with Crippen molar-refractivity contribution in [1.29, 1.82) is 0 Å². The molecule has 3 nitrogen and oxygen atoms in total. The summed E-state index contributed by atoms with van der Waals surface area (Å²) in [6.45, 7) is 6.53. The summed E-state index contributed by atoms with van der Waals surface area (Å²) in [5, 5.41) is 0. The summed E-state index contributed by atoms with van der Waals surface area (Å²) in [6.07, 6.45) is 0. The van der Waals surface area contributed by atoms with Crippen LogP contribution >= 0.6 is 0 Å². The Bertz CT molecular complexity index is 397. The quantitative estimate of drug-likeness (QED) is 0.867. The molecule has 1 saturated heterocycles. The van der Waals surface area contributed by atoms with Gasteiger partial charge in [0, 0.05) is 5.41 Å². The number of benzene rings is 1. The van der Waals surface area contributed by atoms with Gasteiger partial charge in [0.25, 0.3) is 0 Å². The maximum atomic E-state index is 5.92. The van der Waals surface area contributed by atoms with E-state index in [-0.39, 0.29) is 10.8 Å². The predicted octanol–water partition coefficient (Wildman–Crippen LogP) is 1.95. The zero-order valence-corrected chi connectivity index (χ0v) is 10.8. The van der Waals surface area contributed by atoms with E-state index in [1.807, 2.05) is 12.1 Å². The number of hydrogen-bond acceptors (Lipinski definition) is 3. The number of rotatable bonds is 4. The van der Waals surface area contributed by atoms with Crippen LogP contribution in [-0.2, 0) is 10.2 Å². The molecule has 1 aliphatic heterocycles. The summed E-state index contributed by atoms with van der Waals surface area (Å²) in [7, 11) is 1.69. The predicted molar refractivity (Wildman–Crippen MR) is 68.3 cm³/mol. The van der Waals surface area contributed by atoms with Crippen molar-refractivity contribution >= 4 is 0 Å². The Hall–Kier alpha value is -1.06. The molecule has 2 N–H and O–H groups in total. The molecule has 1 fully saturated rings. The molecule has 94 valence electrons. The molecular formula is C14H21NO2. The highest BCUT2D eigenvalue weighted by atomic mass is 16.5. The number of nitrogens with two attached hydrogens (primary N) is 1. The van der Waals surface area contributed by atoms with Crippen LogP contribution in [0.2, 0.25) is 0 Å². The summed E-state index contributed by atoms with van der Waals surface area (Å²) >= 11 is 0. The van der Waals surface area contributed by atoms with Gasteiger partial charge in [-0.25, -0.2) is 0 Å². The van der Waals surface area contributed by atoms with Crippen molar-refractivity contribution in [3.8, 4) is 5.75 Å². The Morgan fingerprint density at radius 1 is 1.41 bits per heavy atom. The first-order valence-electron chi connectivity index (χ1n) is 5.98. The van der Waals surface area contributed by atoms with Crippen molar-refractivity contribution in [2.45, 2.75) is 19.3 Å². The standard InChI is InChI=1S/C14H21NO2/c1-13(2,8-15)14(9-17-10-14)11-5-4-6-12(7-11)16-3/h4-7H,8-10,15H2,1-3H3. The second-order valence-electron chi connectivity index (χ2n) is 5.39.